The number of likely N-dealkylation sites (tertiary alicyclic amines) is 1. The van der Waals surface area contributed by atoms with E-state index in [1.165, 1.54) is 23.6 Å². The summed E-state index contributed by atoms with van der Waals surface area (Å²) in [6.07, 6.45) is 4.74. The van der Waals surface area contributed by atoms with Gasteiger partial charge in [-0.3, -0.25) is 9.21 Å². The number of hydrogen-bond donors (Lipinski definition) is 0. The average molecular weight is 527 g/mol. The SMILES string of the molecule is CC1CCCC(C)N1CCCOc1ccccc1CN(c1ccccc1)S(=O)(=O)c1ccc(Cl)cc1. The molecule has 1 heterocycles. The highest BCUT2D eigenvalue weighted by Crippen LogP contribution is 2.30. The van der Waals surface area contributed by atoms with Gasteiger partial charge in [0.1, 0.15) is 5.75 Å². The van der Waals surface area contributed by atoms with Gasteiger partial charge in [-0.2, -0.15) is 0 Å². The Balaban J connectivity index is 1.51. The second-order valence-corrected chi connectivity index (χ2v) is 11.8. The third-order valence-corrected chi connectivity index (χ3v) is 8.97. The molecule has 1 fully saturated rings. The van der Waals surface area contributed by atoms with E-state index in [0.717, 1.165) is 18.5 Å². The highest BCUT2D eigenvalue weighted by molar-refractivity contribution is 7.92. The predicted octanol–water partition coefficient (Wildman–Crippen LogP) is 6.77. The number of piperidine rings is 1. The molecule has 3 aromatic rings. The van der Waals surface area contributed by atoms with E-state index in [1.54, 1.807) is 36.4 Å². The average Bonchev–Trinajstić information content (AvgIpc) is 2.88. The Labute approximate surface area is 220 Å². The van der Waals surface area contributed by atoms with Crippen molar-refractivity contribution in [1.82, 2.24) is 4.90 Å². The van der Waals surface area contributed by atoms with E-state index in [2.05, 4.69) is 18.7 Å². The Hall–Kier alpha value is -2.54. The van der Waals surface area contributed by atoms with E-state index in [-0.39, 0.29) is 11.4 Å². The Morgan fingerprint density at radius 3 is 2.25 bits per heavy atom. The van der Waals surface area contributed by atoms with Crippen LogP contribution in [-0.2, 0) is 16.6 Å². The van der Waals surface area contributed by atoms with Crippen LogP contribution in [0.3, 0.4) is 0 Å². The molecule has 4 rings (SSSR count). The highest BCUT2D eigenvalue weighted by atomic mass is 35.5. The molecule has 0 bridgehead atoms. The summed E-state index contributed by atoms with van der Waals surface area (Å²) in [7, 11) is -3.83. The maximum absolute atomic E-state index is 13.7. The molecule has 0 radical (unpaired) electrons. The standard InChI is InChI=1S/C29H35ClN2O3S/c1-23-10-8-11-24(2)31(23)20-9-21-35-29-15-7-6-12-25(29)22-32(27-13-4-3-5-14-27)36(33,34)28-18-16-26(30)17-19-28/h3-7,12-19,23-24H,8-11,20-22H2,1-2H3. The summed E-state index contributed by atoms with van der Waals surface area (Å²) in [6.45, 7) is 6.37. The molecule has 0 N–H and O–H groups in total. The van der Waals surface area contributed by atoms with Crippen LogP contribution in [0.5, 0.6) is 5.75 Å². The van der Waals surface area contributed by atoms with Crippen LogP contribution in [0.15, 0.2) is 83.8 Å². The van der Waals surface area contributed by atoms with E-state index >= 15 is 0 Å². The maximum atomic E-state index is 13.7. The van der Waals surface area contributed by atoms with Gasteiger partial charge in [0.15, 0.2) is 0 Å². The normalized spacial score (nSPS) is 18.6. The maximum Gasteiger partial charge on any atom is 0.264 e. The van der Waals surface area contributed by atoms with Gasteiger partial charge in [0.25, 0.3) is 10.0 Å². The number of halogens is 1. The van der Waals surface area contributed by atoms with Crippen molar-refractivity contribution in [3.05, 3.63) is 89.4 Å². The lowest BCUT2D eigenvalue weighted by molar-refractivity contribution is 0.0960. The molecule has 0 saturated carbocycles. The topological polar surface area (TPSA) is 49.9 Å². The Morgan fingerprint density at radius 1 is 0.917 bits per heavy atom. The summed E-state index contributed by atoms with van der Waals surface area (Å²) in [6, 6.07) is 24.3. The summed E-state index contributed by atoms with van der Waals surface area (Å²) >= 11 is 6.01. The van der Waals surface area contributed by atoms with E-state index in [9.17, 15) is 8.42 Å². The Bertz CT molecular complexity index is 1210. The molecule has 2 unspecified atom stereocenters. The molecule has 192 valence electrons. The Morgan fingerprint density at radius 2 is 1.56 bits per heavy atom. The number of ether oxygens (including phenoxy) is 1. The summed E-state index contributed by atoms with van der Waals surface area (Å²) in [5, 5.41) is 0.493. The molecule has 0 amide bonds. The molecule has 2 atom stereocenters. The van der Waals surface area contributed by atoms with Gasteiger partial charge in [-0.05, 0) is 75.6 Å². The van der Waals surface area contributed by atoms with Gasteiger partial charge in [-0.25, -0.2) is 8.42 Å². The number of benzene rings is 3. The number of sulfonamides is 1. The fourth-order valence-electron chi connectivity index (χ4n) is 4.92. The van der Waals surface area contributed by atoms with Crippen LogP contribution in [0, 0.1) is 0 Å². The van der Waals surface area contributed by atoms with Crippen LogP contribution in [0.25, 0.3) is 0 Å². The number of rotatable bonds is 10. The molecular weight excluding hydrogens is 492 g/mol. The Kier molecular flexibility index (Phi) is 8.94. The second kappa shape index (κ2) is 12.1. The van der Waals surface area contributed by atoms with Crippen LogP contribution < -0.4 is 9.04 Å². The fraction of sp³-hybridized carbons (Fsp3) is 0.379. The van der Waals surface area contributed by atoms with Gasteiger partial charge in [0.2, 0.25) is 0 Å². The van der Waals surface area contributed by atoms with Crippen LogP contribution in [-0.4, -0.2) is 38.6 Å². The highest BCUT2D eigenvalue weighted by Gasteiger charge is 2.27. The molecular formula is C29H35ClN2O3S. The van der Waals surface area contributed by atoms with Crippen molar-refractivity contribution in [3.63, 3.8) is 0 Å². The van der Waals surface area contributed by atoms with Gasteiger partial charge in [0.05, 0.1) is 23.7 Å². The van der Waals surface area contributed by atoms with Crippen molar-refractivity contribution in [2.24, 2.45) is 0 Å². The van der Waals surface area contributed by atoms with E-state index < -0.39 is 10.0 Å². The molecule has 1 saturated heterocycles. The smallest absolute Gasteiger partial charge is 0.264 e. The quantitative estimate of drug-likeness (QED) is 0.274. The first kappa shape index (κ1) is 26.5. The van der Waals surface area contributed by atoms with E-state index in [1.807, 2.05) is 42.5 Å². The lowest BCUT2D eigenvalue weighted by atomic mass is 9.97. The summed E-state index contributed by atoms with van der Waals surface area (Å²) in [5.41, 5.74) is 1.41. The van der Waals surface area contributed by atoms with Crippen LogP contribution >= 0.6 is 11.6 Å². The molecule has 1 aliphatic rings. The summed E-state index contributed by atoms with van der Waals surface area (Å²) in [5.74, 6) is 0.712. The monoisotopic (exact) mass is 526 g/mol. The third-order valence-electron chi connectivity index (χ3n) is 6.93. The molecule has 0 spiro atoms. The zero-order chi connectivity index (χ0) is 25.5. The first-order valence-corrected chi connectivity index (χ1v) is 14.5. The van der Waals surface area contributed by atoms with Crippen LogP contribution in [0.4, 0.5) is 5.69 Å². The first-order valence-electron chi connectivity index (χ1n) is 12.7. The summed E-state index contributed by atoms with van der Waals surface area (Å²) in [4.78, 5) is 2.77. The predicted molar refractivity (Wildman–Crippen MR) is 147 cm³/mol. The minimum atomic E-state index is -3.83. The van der Waals surface area contributed by atoms with Gasteiger partial charge in [-0.15, -0.1) is 0 Å². The molecule has 1 aliphatic heterocycles. The van der Waals surface area contributed by atoms with Crippen LogP contribution in [0.2, 0.25) is 5.02 Å². The molecule has 5 nitrogen and oxygen atoms in total. The minimum absolute atomic E-state index is 0.158. The zero-order valence-electron chi connectivity index (χ0n) is 21.0. The lowest BCUT2D eigenvalue weighted by Gasteiger charge is -2.39. The zero-order valence-corrected chi connectivity index (χ0v) is 22.6. The van der Waals surface area contributed by atoms with Crippen LogP contribution in [0.1, 0.15) is 45.1 Å². The van der Waals surface area contributed by atoms with Crippen molar-refractivity contribution in [2.45, 2.75) is 63.1 Å². The summed E-state index contributed by atoms with van der Waals surface area (Å²) < 4.78 is 35.0. The van der Waals surface area contributed by atoms with Gasteiger partial charge in [-0.1, -0.05) is 54.4 Å². The fourth-order valence-corrected chi connectivity index (χ4v) is 6.49. The second-order valence-electron chi connectivity index (χ2n) is 9.48. The largest absolute Gasteiger partial charge is 0.493 e. The van der Waals surface area contributed by atoms with Gasteiger partial charge < -0.3 is 4.74 Å². The van der Waals surface area contributed by atoms with Crippen molar-refractivity contribution in [1.29, 1.82) is 0 Å². The molecule has 0 aliphatic carbocycles. The minimum Gasteiger partial charge on any atom is -0.493 e. The molecule has 36 heavy (non-hydrogen) atoms. The molecule has 3 aromatic carbocycles. The number of para-hydroxylation sites is 2. The van der Waals surface area contributed by atoms with Crippen molar-refractivity contribution in [3.8, 4) is 5.75 Å². The first-order chi connectivity index (χ1) is 17.4. The lowest BCUT2D eigenvalue weighted by Crippen LogP contribution is -2.44. The third kappa shape index (κ3) is 6.41. The molecule has 7 heteroatoms. The van der Waals surface area contributed by atoms with Crippen molar-refractivity contribution < 1.29 is 13.2 Å². The van der Waals surface area contributed by atoms with E-state index in [4.69, 9.17) is 16.3 Å². The number of anilines is 1. The van der Waals surface area contributed by atoms with Gasteiger partial charge >= 0.3 is 0 Å². The number of nitrogens with zero attached hydrogens (tertiary/aromatic N) is 2. The molecule has 0 aromatic heterocycles. The van der Waals surface area contributed by atoms with Gasteiger partial charge in [0, 0.05) is 29.2 Å². The number of hydrogen-bond acceptors (Lipinski definition) is 4. The van der Waals surface area contributed by atoms with Crippen molar-refractivity contribution in [2.75, 3.05) is 17.5 Å². The van der Waals surface area contributed by atoms with E-state index in [0.29, 0.717) is 35.2 Å². The van der Waals surface area contributed by atoms with Crippen molar-refractivity contribution >= 4 is 27.3 Å².